The molecule has 16 heavy (non-hydrogen) atoms. The zero-order valence-corrected chi connectivity index (χ0v) is 10.9. The Kier molecular flexibility index (Phi) is 3.50. The Hall–Kier alpha value is -0.610. The van der Waals surface area contributed by atoms with E-state index < -0.39 is 0 Å². The molecule has 1 heterocycles. The molecule has 88 valence electrons. The van der Waals surface area contributed by atoms with Crippen LogP contribution in [-0.2, 0) is 0 Å². The maximum atomic E-state index is 13.7. The van der Waals surface area contributed by atoms with Crippen molar-refractivity contribution < 1.29 is 4.39 Å². The number of hydrogen-bond donors (Lipinski definition) is 1. The molecule has 0 aliphatic carbocycles. The van der Waals surface area contributed by atoms with Crippen molar-refractivity contribution in [2.45, 2.75) is 31.8 Å². The molecule has 2 rings (SSSR count). The molecule has 4 heteroatoms. The molecule has 2 N–H and O–H groups in total. The summed E-state index contributed by atoms with van der Waals surface area (Å²) in [7, 11) is 0. The van der Waals surface area contributed by atoms with Crippen LogP contribution in [0.2, 0.25) is 0 Å². The second-order valence-corrected chi connectivity index (χ2v) is 5.34. The molecule has 0 bridgehead atoms. The second-order valence-electron chi connectivity index (χ2n) is 4.42. The topological polar surface area (TPSA) is 29.3 Å². The van der Waals surface area contributed by atoms with Crippen molar-refractivity contribution >= 4 is 21.6 Å². The molecule has 1 saturated heterocycles. The Labute approximate surface area is 104 Å². The Morgan fingerprint density at radius 2 is 2.25 bits per heavy atom. The van der Waals surface area contributed by atoms with Gasteiger partial charge in [-0.3, -0.25) is 0 Å². The molecular formula is C12H16BrFN2. The fraction of sp³-hybridized carbons (Fsp3) is 0.500. The summed E-state index contributed by atoms with van der Waals surface area (Å²) in [5.41, 5.74) is 6.58. The van der Waals surface area contributed by atoms with Crippen molar-refractivity contribution in [2.24, 2.45) is 5.73 Å². The lowest BCUT2D eigenvalue weighted by atomic mass is 9.98. The molecule has 2 nitrogen and oxygen atoms in total. The van der Waals surface area contributed by atoms with E-state index in [1.165, 1.54) is 6.07 Å². The van der Waals surface area contributed by atoms with E-state index in [-0.39, 0.29) is 11.9 Å². The van der Waals surface area contributed by atoms with Crippen LogP contribution < -0.4 is 10.6 Å². The van der Waals surface area contributed by atoms with Crippen molar-refractivity contribution in [3.63, 3.8) is 0 Å². The summed E-state index contributed by atoms with van der Waals surface area (Å²) in [5, 5.41) is 0. The molecule has 1 fully saturated rings. The van der Waals surface area contributed by atoms with E-state index in [0.29, 0.717) is 11.7 Å². The van der Waals surface area contributed by atoms with Gasteiger partial charge in [0.25, 0.3) is 0 Å². The van der Waals surface area contributed by atoms with Crippen LogP contribution in [0, 0.1) is 5.82 Å². The Morgan fingerprint density at radius 3 is 2.94 bits per heavy atom. The summed E-state index contributed by atoms with van der Waals surface area (Å²) in [4.78, 5) is 2.10. The van der Waals surface area contributed by atoms with Crippen molar-refractivity contribution in [1.82, 2.24) is 0 Å². The highest BCUT2D eigenvalue weighted by Gasteiger charge is 2.25. The highest BCUT2D eigenvalue weighted by molar-refractivity contribution is 9.10. The molecule has 0 aromatic heterocycles. The van der Waals surface area contributed by atoms with Crippen LogP contribution in [0.1, 0.15) is 19.8 Å². The van der Waals surface area contributed by atoms with Crippen molar-refractivity contribution in [3.8, 4) is 0 Å². The van der Waals surface area contributed by atoms with Gasteiger partial charge in [-0.25, -0.2) is 4.39 Å². The van der Waals surface area contributed by atoms with Crippen LogP contribution in [0.4, 0.5) is 10.1 Å². The number of nitrogens with zero attached hydrogens (tertiary/aromatic N) is 1. The second kappa shape index (κ2) is 4.72. The first-order chi connectivity index (χ1) is 7.58. The van der Waals surface area contributed by atoms with Gasteiger partial charge in [0.1, 0.15) is 5.82 Å². The van der Waals surface area contributed by atoms with Gasteiger partial charge in [0.2, 0.25) is 0 Å². The zero-order valence-electron chi connectivity index (χ0n) is 9.29. The number of hydrogen-bond acceptors (Lipinski definition) is 2. The van der Waals surface area contributed by atoms with E-state index >= 15 is 0 Å². The van der Waals surface area contributed by atoms with Gasteiger partial charge in [0, 0.05) is 23.1 Å². The van der Waals surface area contributed by atoms with Crippen molar-refractivity contribution in [3.05, 3.63) is 28.5 Å². The fourth-order valence-corrected chi connectivity index (χ4v) is 2.62. The lowest BCUT2D eigenvalue weighted by Gasteiger charge is -2.38. The van der Waals surface area contributed by atoms with Crippen molar-refractivity contribution in [2.75, 3.05) is 11.4 Å². The largest absolute Gasteiger partial charge is 0.366 e. The zero-order chi connectivity index (χ0) is 11.7. The minimum absolute atomic E-state index is 0.162. The third kappa shape index (κ3) is 2.38. The van der Waals surface area contributed by atoms with Crippen LogP contribution >= 0.6 is 15.9 Å². The number of nitrogens with two attached hydrogens (primary N) is 1. The predicted octanol–water partition coefficient (Wildman–Crippen LogP) is 2.90. The standard InChI is InChI=1S/C12H16BrFN2/c1-8-6-10(15)4-5-16(8)12-7-9(13)2-3-11(12)14/h2-3,7-8,10H,4-6,15H2,1H3. The first-order valence-corrected chi connectivity index (χ1v) is 6.34. The van der Waals surface area contributed by atoms with E-state index in [9.17, 15) is 4.39 Å². The number of anilines is 1. The number of piperidine rings is 1. The van der Waals surface area contributed by atoms with Crippen LogP contribution in [-0.4, -0.2) is 18.6 Å². The van der Waals surface area contributed by atoms with Gasteiger partial charge in [0.15, 0.2) is 0 Å². The van der Waals surface area contributed by atoms with Gasteiger partial charge in [0.05, 0.1) is 5.69 Å². The van der Waals surface area contributed by atoms with E-state index in [1.807, 2.05) is 6.07 Å². The molecule has 0 saturated carbocycles. The third-order valence-corrected chi connectivity index (χ3v) is 3.63. The molecule has 0 spiro atoms. The van der Waals surface area contributed by atoms with Crippen LogP contribution in [0.3, 0.4) is 0 Å². The van der Waals surface area contributed by atoms with Gasteiger partial charge in [-0.1, -0.05) is 15.9 Å². The smallest absolute Gasteiger partial charge is 0.146 e. The average Bonchev–Trinajstić information content (AvgIpc) is 2.22. The number of halogens is 2. The molecule has 1 aromatic rings. The minimum Gasteiger partial charge on any atom is -0.366 e. The summed E-state index contributed by atoms with van der Waals surface area (Å²) >= 11 is 3.38. The number of rotatable bonds is 1. The van der Waals surface area contributed by atoms with E-state index in [0.717, 1.165) is 23.9 Å². The lowest BCUT2D eigenvalue weighted by Crippen LogP contribution is -2.46. The molecule has 1 aliphatic rings. The SMILES string of the molecule is CC1CC(N)CCN1c1cc(Br)ccc1F. The third-order valence-electron chi connectivity index (χ3n) is 3.13. The van der Waals surface area contributed by atoms with E-state index in [1.54, 1.807) is 6.07 Å². The van der Waals surface area contributed by atoms with Gasteiger partial charge < -0.3 is 10.6 Å². The Bertz CT molecular complexity index is 383. The maximum Gasteiger partial charge on any atom is 0.146 e. The highest BCUT2D eigenvalue weighted by Crippen LogP contribution is 2.29. The summed E-state index contributed by atoms with van der Waals surface area (Å²) in [6, 6.07) is 5.61. The first kappa shape index (κ1) is 11.9. The monoisotopic (exact) mass is 286 g/mol. The normalized spacial score (nSPS) is 25.9. The molecule has 0 amide bonds. The predicted molar refractivity (Wildman–Crippen MR) is 68.1 cm³/mol. The Morgan fingerprint density at radius 1 is 1.50 bits per heavy atom. The summed E-state index contributed by atoms with van der Waals surface area (Å²) in [6.45, 7) is 2.93. The fourth-order valence-electron chi connectivity index (χ4n) is 2.27. The van der Waals surface area contributed by atoms with Gasteiger partial charge in [-0.2, -0.15) is 0 Å². The van der Waals surface area contributed by atoms with E-state index in [4.69, 9.17) is 5.73 Å². The average molecular weight is 287 g/mol. The molecule has 1 aliphatic heterocycles. The molecular weight excluding hydrogens is 271 g/mol. The van der Waals surface area contributed by atoms with Crippen LogP contribution in [0.5, 0.6) is 0 Å². The van der Waals surface area contributed by atoms with Gasteiger partial charge in [-0.15, -0.1) is 0 Å². The highest BCUT2D eigenvalue weighted by atomic mass is 79.9. The van der Waals surface area contributed by atoms with Gasteiger partial charge >= 0.3 is 0 Å². The van der Waals surface area contributed by atoms with Crippen molar-refractivity contribution in [1.29, 1.82) is 0 Å². The quantitative estimate of drug-likeness (QED) is 0.860. The number of benzene rings is 1. The van der Waals surface area contributed by atoms with E-state index in [2.05, 4.69) is 27.8 Å². The van der Waals surface area contributed by atoms with Crippen LogP contribution in [0.15, 0.2) is 22.7 Å². The Balaban J connectivity index is 2.26. The lowest BCUT2D eigenvalue weighted by molar-refractivity contribution is 0.424. The summed E-state index contributed by atoms with van der Waals surface area (Å²) in [5.74, 6) is -0.162. The minimum atomic E-state index is -0.162. The molecule has 2 atom stereocenters. The first-order valence-electron chi connectivity index (χ1n) is 5.55. The maximum absolute atomic E-state index is 13.7. The van der Waals surface area contributed by atoms with Crippen LogP contribution in [0.25, 0.3) is 0 Å². The molecule has 1 aromatic carbocycles. The van der Waals surface area contributed by atoms with Gasteiger partial charge in [-0.05, 0) is 38.0 Å². The summed E-state index contributed by atoms with van der Waals surface area (Å²) in [6.07, 6.45) is 1.85. The summed E-state index contributed by atoms with van der Waals surface area (Å²) < 4.78 is 14.6. The molecule has 0 radical (unpaired) electrons. The molecule has 2 unspecified atom stereocenters.